The van der Waals surface area contributed by atoms with E-state index in [0.717, 1.165) is 18.7 Å². The van der Waals surface area contributed by atoms with Crippen LogP contribution in [0.5, 0.6) is 0 Å². The quantitative estimate of drug-likeness (QED) is 0.875. The third-order valence-corrected chi connectivity index (χ3v) is 4.09. The van der Waals surface area contributed by atoms with Gasteiger partial charge in [-0.15, -0.1) is 10.2 Å². The molecule has 1 aliphatic heterocycles. The van der Waals surface area contributed by atoms with E-state index in [2.05, 4.69) is 10.2 Å². The summed E-state index contributed by atoms with van der Waals surface area (Å²) < 4.78 is 5.59. The molecule has 0 aromatic carbocycles. The molecule has 2 N–H and O–H groups in total. The van der Waals surface area contributed by atoms with E-state index in [1.54, 1.807) is 0 Å². The van der Waals surface area contributed by atoms with Crippen LogP contribution in [0.15, 0.2) is 4.42 Å². The summed E-state index contributed by atoms with van der Waals surface area (Å²) in [4.78, 5) is 0. The fourth-order valence-corrected chi connectivity index (χ4v) is 3.08. The predicted molar refractivity (Wildman–Crippen MR) is 65.3 cm³/mol. The van der Waals surface area contributed by atoms with Gasteiger partial charge in [-0.3, -0.25) is 0 Å². The summed E-state index contributed by atoms with van der Waals surface area (Å²) in [6.07, 6.45) is 4.29. The average molecular weight is 241 g/mol. The molecule has 1 atom stereocenters. The lowest BCUT2D eigenvalue weighted by Gasteiger charge is -2.19. The van der Waals surface area contributed by atoms with Crippen LogP contribution in [0.1, 0.15) is 44.0 Å². The van der Waals surface area contributed by atoms with Crippen molar-refractivity contribution in [2.75, 3.05) is 11.5 Å². The van der Waals surface area contributed by atoms with Gasteiger partial charge in [-0.1, -0.05) is 6.92 Å². The van der Waals surface area contributed by atoms with E-state index in [9.17, 15) is 0 Å². The van der Waals surface area contributed by atoms with Gasteiger partial charge in [0, 0.05) is 6.42 Å². The normalized spacial score (nSPS) is 19.9. The molecule has 2 rings (SSSR count). The number of rotatable bonds is 4. The van der Waals surface area contributed by atoms with Crippen molar-refractivity contribution in [2.45, 2.75) is 38.6 Å². The lowest BCUT2D eigenvalue weighted by Crippen LogP contribution is -2.12. The molecule has 1 aromatic rings. The third-order valence-electron chi connectivity index (χ3n) is 3.04. The largest absolute Gasteiger partial charge is 0.424 e. The van der Waals surface area contributed by atoms with Gasteiger partial charge in [0.2, 0.25) is 11.8 Å². The van der Waals surface area contributed by atoms with Crippen LogP contribution in [0.25, 0.3) is 0 Å². The molecule has 1 unspecified atom stereocenters. The molecule has 1 fully saturated rings. The number of thioether (sulfide) groups is 1. The van der Waals surface area contributed by atoms with E-state index >= 15 is 0 Å². The second-order valence-electron chi connectivity index (χ2n) is 4.31. The highest BCUT2D eigenvalue weighted by atomic mass is 32.2. The van der Waals surface area contributed by atoms with Crippen LogP contribution in [-0.4, -0.2) is 21.7 Å². The Balaban J connectivity index is 1.91. The molecule has 0 radical (unpaired) electrons. The van der Waals surface area contributed by atoms with Crippen molar-refractivity contribution in [1.82, 2.24) is 10.2 Å². The first-order valence-corrected chi connectivity index (χ1v) is 7.10. The van der Waals surface area contributed by atoms with E-state index in [1.165, 1.54) is 24.3 Å². The van der Waals surface area contributed by atoms with Crippen molar-refractivity contribution in [2.24, 2.45) is 11.7 Å². The summed E-state index contributed by atoms with van der Waals surface area (Å²) >= 11 is 2.04. The van der Waals surface area contributed by atoms with Crippen LogP contribution in [0.2, 0.25) is 0 Å². The second kappa shape index (κ2) is 5.68. The van der Waals surface area contributed by atoms with Crippen LogP contribution >= 0.6 is 11.8 Å². The summed E-state index contributed by atoms with van der Waals surface area (Å²) in [5, 5.41) is 8.08. The van der Waals surface area contributed by atoms with Gasteiger partial charge in [-0.25, -0.2) is 0 Å². The summed E-state index contributed by atoms with van der Waals surface area (Å²) in [7, 11) is 0. The van der Waals surface area contributed by atoms with E-state index in [4.69, 9.17) is 10.2 Å². The van der Waals surface area contributed by atoms with Crippen LogP contribution in [0, 0.1) is 5.92 Å². The number of hydrogen-bond acceptors (Lipinski definition) is 5. The second-order valence-corrected chi connectivity index (χ2v) is 5.53. The van der Waals surface area contributed by atoms with Gasteiger partial charge in [0.15, 0.2) is 0 Å². The highest BCUT2D eigenvalue weighted by Crippen LogP contribution is 2.25. The Bertz CT molecular complexity index is 323. The zero-order chi connectivity index (χ0) is 11.4. The number of hydrogen-bond donors (Lipinski definition) is 1. The summed E-state index contributed by atoms with van der Waals surface area (Å²) in [5.74, 6) is 4.59. The molecular weight excluding hydrogens is 222 g/mol. The van der Waals surface area contributed by atoms with E-state index < -0.39 is 0 Å². The Labute approximate surface area is 100 Å². The minimum Gasteiger partial charge on any atom is -0.424 e. The maximum atomic E-state index is 5.84. The summed E-state index contributed by atoms with van der Waals surface area (Å²) in [6.45, 7) is 2.02. The molecule has 2 heterocycles. The van der Waals surface area contributed by atoms with Crippen LogP contribution < -0.4 is 5.73 Å². The fraction of sp³-hybridized carbons (Fsp3) is 0.818. The zero-order valence-electron chi connectivity index (χ0n) is 9.69. The van der Waals surface area contributed by atoms with E-state index in [0.29, 0.717) is 11.8 Å². The van der Waals surface area contributed by atoms with Gasteiger partial charge >= 0.3 is 0 Å². The van der Waals surface area contributed by atoms with Gasteiger partial charge in [0.25, 0.3) is 0 Å². The maximum Gasteiger partial charge on any atom is 0.233 e. The third kappa shape index (κ3) is 2.98. The summed E-state index contributed by atoms with van der Waals surface area (Å²) in [6, 6.07) is -0.108. The number of nitrogens with two attached hydrogens (primary N) is 1. The van der Waals surface area contributed by atoms with Gasteiger partial charge in [-0.2, -0.15) is 11.8 Å². The Morgan fingerprint density at radius 3 is 2.88 bits per heavy atom. The minimum atomic E-state index is -0.108. The highest BCUT2D eigenvalue weighted by molar-refractivity contribution is 7.99. The fourth-order valence-electron chi connectivity index (χ4n) is 1.87. The van der Waals surface area contributed by atoms with Crippen molar-refractivity contribution < 1.29 is 4.42 Å². The molecule has 4 nitrogen and oxygen atoms in total. The minimum absolute atomic E-state index is 0.108. The summed E-state index contributed by atoms with van der Waals surface area (Å²) in [5.41, 5.74) is 5.84. The highest BCUT2D eigenvalue weighted by Gasteiger charge is 2.18. The zero-order valence-corrected chi connectivity index (χ0v) is 10.5. The van der Waals surface area contributed by atoms with E-state index in [-0.39, 0.29) is 6.04 Å². The lowest BCUT2D eigenvalue weighted by atomic mass is 9.99. The standard InChI is InChI=1S/C11H19N3OS/c1-2-9(12)11-14-13-10(15-11)7-8-3-5-16-6-4-8/h8-9H,2-7,12H2,1H3. The molecule has 0 spiro atoms. The molecule has 1 aliphatic rings. The maximum absolute atomic E-state index is 5.84. The lowest BCUT2D eigenvalue weighted by molar-refractivity contribution is 0.374. The Morgan fingerprint density at radius 2 is 2.19 bits per heavy atom. The monoisotopic (exact) mass is 241 g/mol. The number of nitrogens with zero attached hydrogens (tertiary/aromatic N) is 2. The molecule has 0 aliphatic carbocycles. The molecular formula is C11H19N3OS. The van der Waals surface area contributed by atoms with Gasteiger partial charge in [-0.05, 0) is 36.7 Å². The van der Waals surface area contributed by atoms with E-state index in [1.807, 2.05) is 18.7 Å². The van der Waals surface area contributed by atoms with Gasteiger partial charge < -0.3 is 10.2 Å². The van der Waals surface area contributed by atoms with Gasteiger partial charge in [0.1, 0.15) is 0 Å². The molecule has 1 aromatic heterocycles. The average Bonchev–Trinajstić information content (AvgIpc) is 2.78. The van der Waals surface area contributed by atoms with Crippen LogP contribution in [0.4, 0.5) is 0 Å². The van der Waals surface area contributed by atoms with Crippen LogP contribution in [0.3, 0.4) is 0 Å². The SMILES string of the molecule is CCC(N)c1nnc(CC2CCSCC2)o1. The molecule has 90 valence electrons. The first-order valence-electron chi connectivity index (χ1n) is 5.95. The molecule has 0 amide bonds. The van der Waals surface area contributed by atoms with Crippen molar-refractivity contribution in [3.05, 3.63) is 11.8 Å². The topological polar surface area (TPSA) is 64.9 Å². The Hall–Kier alpha value is -0.550. The van der Waals surface area contributed by atoms with Crippen molar-refractivity contribution in [1.29, 1.82) is 0 Å². The molecule has 1 saturated heterocycles. The van der Waals surface area contributed by atoms with Crippen LogP contribution in [-0.2, 0) is 6.42 Å². The number of aromatic nitrogens is 2. The Kier molecular flexibility index (Phi) is 4.23. The van der Waals surface area contributed by atoms with Crippen molar-refractivity contribution in [3.63, 3.8) is 0 Å². The van der Waals surface area contributed by atoms with Crippen molar-refractivity contribution in [3.8, 4) is 0 Å². The molecule has 16 heavy (non-hydrogen) atoms. The predicted octanol–water partition coefficient (Wildman–Crippen LogP) is 2.17. The van der Waals surface area contributed by atoms with Crippen molar-refractivity contribution >= 4 is 11.8 Å². The molecule has 0 saturated carbocycles. The smallest absolute Gasteiger partial charge is 0.233 e. The first-order chi connectivity index (χ1) is 7.79. The Morgan fingerprint density at radius 1 is 1.44 bits per heavy atom. The first kappa shape index (κ1) is 11.9. The molecule has 0 bridgehead atoms. The van der Waals surface area contributed by atoms with Gasteiger partial charge in [0.05, 0.1) is 6.04 Å². The molecule has 5 heteroatoms.